The molecular weight excluding hydrogens is 420 g/mol. The zero-order chi connectivity index (χ0) is 22.7. The second kappa shape index (κ2) is 9.29. The van der Waals surface area contributed by atoms with Crippen molar-refractivity contribution in [3.8, 4) is 0 Å². The quantitative estimate of drug-likeness (QED) is 0.429. The number of nitrogens with two attached hydrogens (primary N) is 1. The van der Waals surface area contributed by atoms with Crippen LogP contribution < -0.4 is 5.73 Å². The van der Waals surface area contributed by atoms with Gasteiger partial charge in [0.15, 0.2) is 5.82 Å². The fourth-order valence-electron chi connectivity index (χ4n) is 4.14. The molecule has 0 radical (unpaired) electrons. The minimum atomic E-state index is -1.60. The lowest BCUT2D eigenvalue weighted by Crippen LogP contribution is -2.30. The van der Waals surface area contributed by atoms with Crippen LogP contribution in [0.25, 0.3) is 5.52 Å². The summed E-state index contributed by atoms with van der Waals surface area (Å²) in [4.78, 5) is 4.01. The first kappa shape index (κ1) is 21.5. The summed E-state index contributed by atoms with van der Waals surface area (Å²) < 4.78 is 19.9. The summed E-state index contributed by atoms with van der Waals surface area (Å²) in [6, 6.07) is 23.4. The number of aromatic nitrogens is 3. The number of hydrogen-bond donors (Lipinski definition) is 2. The van der Waals surface area contributed by atoms with Crippen molar-refractivity contribution in [2.45, 2.75) is 37.6 Å². The van der Waals surface area contributed by atoms with E-state index in [4.69, 9.17) is 19.9 Å². The fourth-order valence-corrected chi connectivity index (χ4v) is 4.14. The summed E-state index contributed by atoms with van der Waals surface area (Å²) >= 11 is 0. The van der Waals surface area contributed by atoms with Crippen LogP contribution in [-0.2, 0) is 33.2 Å². The van der Waals surface area contributed by atoms with Gasteiger partial charge in [-0.15, -0.1) is 0 Å². The normalized spacial score (nSPS) is 22.7. The highest BCUT2D eigenvalue weighted by molar-refractivity contribution is 5.65. The molecule has 0 saturated carbocycles. The van der Waals surface area contributed by atoms with Crippen LogP contribution in [0.4, 0.5) is 5.82 Å². The molecule has 2 aromatic carbocycles. The molecule has 8 nitrogen and oxygen atoms in total. The lowest BCUT2D eigenvalue weighted by atomic mass is 10.1. The van der Waals surface area contributed by atoms with E-state index in [-0.39, 0.29) is 19.1 Å². The Hall–Kier alpha value is -3.30. The Morgan fingerprint density at radius 2 is 1.70 bits per heavy atom. The number of rotatable bonds is 8. The number of nitrogens with zero attached hydrogens (tertiary/aromatic N) is 3. The van der Waals surface area contributed by atoms with Crippen molar-refractivity contribution in [1.82, 2.24) is 14.6 Å². The fraction of sp³-hybridized carbons (Fsp3) is 0.280. The van der Waals surface area contributed by atoms with E-state index in [2.05, 4.69) is 10.1 Å². The first-order valence-electron chi connectivity index (χ1n) is 10.9. The molecule has 0 aliphatic carbocycles. The number of benzene rings is 2. The van der Waals surface area contributed by atoms with E-state index in [0.29, 0.717) is 30.2 Å². The van der Waals surface area contributed by atoms with Crippen molar-refractivity contribution >= 4 is 11.3 Å². The molecule has 1 saturated heterocycles. The first-order valence-corrected chi connectivity index (χ1v) is 10.9. The Balaban J connectivity index is 1.35. The number of nitrogen functional groups attached to an aromatic ring is 1. The molecule has 1 fully saturated rings. The third-order valence-corrected chi connectivity index (χ3v) is 5.82. The molecule has 0 spiro atoms. The van der Waals surface area contributed by atoms with Crippen molar-refractivity contribution in [2.24, 2.45) is 0 Å². The van der Waals surface area contributed by atoms with Gasteiger partial charge in [-0.1, -0.05) is 60.7 Å². The Labute approximate surface area is 191 Å². The van der Waals surface area contributed by atoms with Gasteiger partial charge in [0, 0.05) is 6.42 Å². The maximum Gasteiger partial charge on any atom is 0.212 e. The van der Waals surface area contributed by atoms with Gasteiger partial charge in [0.05, 0.1) is 25.9 Å². The van der Waals surface area contributed by atoms with Crippen molar-refractivity contribution in [3.63, 3.8) is 0 Å². The maximum atomic E-state index is 11.5. The van der Waals surface area contributed by atoms with Gasteiger partial charge in [-0.25, -0.2) is 9.50 Å². The average molecular weight is 447 g/mol. The second-order valence-electron chi connectivity index (χ2n) is 8.14. The second-order valence-corrected chi connectivity index (χ2v) is 8.14. The van der Waals surface area contributed by atoms with E-state index in [0.717, 1.165) is 11.1 Å². The Bertz CT molecular complexity index is 1200. The van der Waals surface area contributed by atoms with Gasteiger partial charge in [0.2, 0.25) is 5.79 Å². The van der Waals surface area contributed by atoms with E-state index in [9.17, 15) is 5.11 Å². The van der Waals surface area contributed by atoms with Crippen LogP contribution >= 0.6 is 0 Å². The van der Waals surface area contributed by atoms with E-state index in [1.165, 1.54) is 6.33 Å². The van der Waals surface area contributed by atoms with Crippen LogP contribution in [-0.4, -0.2) is 38.5 Å². The molecule has 2 aromatic heterocycles. The SMILES string of the molecule is Nc1ncnn2c(C3(O)C[C@H](OCc4ccccc4)[C@@H](COCc4ccccc4)O3)ccc12. The van der Waals surface area contributed by atoms with E-state index in [1.54, 1.807) is 16.6 Å². The van der Waals surface area contributed by atoms with Crippen LogP contribution in [0, 0.1) is 0 Å². The van der Waals surface area contributed by atoms with Crippen LogP contribution in [0.2, 0.25) is 0 Å². The third-order valence-electron chi connectivity index (χ3n) is 5.82. The molecule has 4 aromatic rings. The standard InChI is InChI=1S/C25H26N4O4/c26-24-20-11-12-23(29(20)28-17-27-24)25(30)13-21(32-15-19-9-5-2-6-10-19)22(33-25)16-31-14-18-7-3-1-4-8-18/h1-12,17,21-22,30H,13-16H2,(H2,26,27,28)/t21-,22+,25?/m0/s1. The minimum absolute atomic E-state index is 0.231. The average Bonchev–Trinajstić information content (AvgIpc) is 3.42. The lowest BCUT2D eigenvalue weighted by Gasteiger charge is -2.22. The summed E-state index contributed by atoms with van der Waals surface area (Å²) in [5, 5.41) is 15.8. The summed E-state index contributed by atoms with van der Waals surface area (Å²) in [5.74, 6) is -1.27. The molecule has 1 aliphatic heterocycles. The molecule has 1 aliphatic rings. The zero-order valence-corrected chi connectivity index (χ0v) is 18.1. The number of ether oxygens (including phenoxy) is 3. The van der Waals surface area contributed by atoms with Crippen LogP contribution in [0.5, 0.6) is 0 Å². The summed E-state index contributed by atoms with van der Waals surface area (Å²) in [6.45, 7) is 1.13. The van der Waals surface area contributed by atoms with Crippen molar-refractivity contribution in [2.75, 3.05) is 12.3 Å². The highest BCUT2D eigenvalue weighted by Gasteiger charge is 2.49. The Kier molecular flexibility index (Phi) is 6.06. The van der Waals surface area contributed by atoms with Gasteiger partial charge in [0.25, 0.3) is 0 Å². The molecule has 3 atom stereocenters. The van der Waals surface area contributed by atoms with E-state index >= 15 is 0 Å². The minimum Gasteiger partial charge on any atom is -0.382 e. The predicted octanol–water partition coefficient (Wildman–Crippen LogP) is 3.05. The van der Waals surface area contributed by atoms with Crippen LogP contribution in [0.1, 0.15) is 23.2 Å². The highest BCUT2D eigenvalue weighted by atomic mass is 16.7. The summed E-state index contributed by atoms with van der Waals surface area (Å²) in [7, 11) is 0. The molecule has 8 heteroatoms. The maximum absolute atomic E-state index is 11.5. The van der Waals surface area contributed by atoms with Crippen LogP contribution in [0.15, 0.2) is 79.1 Å². The van der Waals surface area contributed by atoms with Gasteiger partial charge in [0.1, 0.15) is 23.6 Å². The third kappa shape index (κ3) is 4.60. The molecule has 3 heterocycles. The largest absolute Gasteiger partial charge is 0.382 e. The Morgan fingerprint density at radius 1 is 1.00 bits per heavy atom. The van der Waals surface area contributed by atoms with Crippen molar-refractivity contribution in [3.05, 3.63) is 95.9 Å². The van der Waals surface area contributed by atoms with Gasteiger partial charge >= 0.3 is 0 Å². The number of fused-ring (bicyclic) bond motifs is 1. The number of hydrogen-bond acceptors (Lipinski definition) is 7. The summed E-state index contributed by atoms with van der Waals surface area (Å²) in [6.07, 6.45) is 0.742. The highest BCUT2D eigenvalue weighted by Crippen LogP contribution is 2.40. The van der Waals surface area contributed by atoms with Crippen LogP contribution in [0.3, 0.4) is 0 Å². The van der Waals surface area contributed by atoms with Gasteiger partial charge in [-0.05, 0) is 23.3 Å². The molecule has 5 rings (SSSR count). The van der Waals surface area contributed by atoms with Gasteiger partial charge < -0.3 is 25.1 Å². The van der Waals surface area contributed by atoms with Gasteiger partial charge in [-0.2, -0.15) is 5.10 Å². The van der Waals surface area contributed by atoms with Crippen molar-refractivity contribution < 1.29 is 19.3 Å². The molecule has 0 amide bonds. The molecule has 3 N–H and O–H groups in total. The zero-order valence-electron chi connectivity index (χ0n) is 18.1. The molecular formula is C25H26N4O4. The van der Waals surface area contributed by atoms with Gasteiger partial charge in [-0.3, -0.25) is 0 Å². The van der Waals surface area contributed by atoms with E-state index in [1.807, 2.05) is 60.7 Å². The smallest absolute Gasteiger partial charge is 0.212 e. The number of anilines is 1. The molecule has 1 unspecified atom stereocenters. The molecule has 33 heavy (non-hydrogen) atoms. The first-order chi connectivity index (χ1) is 16.1. The monoisotopic (exact) mass is 446 g/mol. The van der Waals surface area contributed by atoms with Crippen molar-refractivity contribution in [1.29, 1.82) is 0 Å². The van der Waals surface area contributed by atoms with E-state index < -0.39 is 11.9 Å². The molecule has 0 bridgehead atoms. The topological polar surface area (TPSA) is 104 Å². The predicted molar refractivity (Wildman–Crippen MR) is 122 cm³/mol. The molecule has 170 valence electrons. The number of aliphatic hydroxyl groups is 1. The Morgan fingerprint density at radius 3 is 2.42 bits per heavy atom. The lowest BCUT2D eigenvalue weighted by molar-refractivity contribution is -0.213. The summed E-state index contributed by atoms with van der Waals surface area (Å²) in [5.41, 5.74) is 9.16.